The van der Waals surface area contributed by atoms with E-state index in [1.165, 1.54) is 18.9 Å². The van der Waals surface area contributed by atoms with Gasteiger partial charge >= 0.3 is 0 Å². The molecule has 122 valence electrons. The van der Waals surface area contributed by atoms with Crippen molar-refractivity contribution in [1.29, 1.82) is 0 Å². The first kappa shape index (κ1) is 17.0. The van der Waals surface area contributed by atoms with Gasteiger partial charge in [0.05, 0.1) is 14.2 Å². The van der Waals surface area contributed by atoms with Crippen LogP contribution in [0.15, 0.2) is 47.4 Å². The molecule has 0 aromatic heterocycles. The second kappa shape index (κ2) is 7.73. The van der Waals surface area contributed by atoms with Gasteiger partial charge in [0, 0.05) is 27.1 Å². The van der Waals surface area contributed by atoms with Crippen LogP contribution < -0.4 is 15.2 Å². The zero-order chi connectivity index (χ0) is 16.8. The topological polar surface area (TPSA) is 87.6 Å². The summed E-state index contributed by atoms with van der Waals surface area (Å²) in [5, 5.41) is 10.7. The number of thioether (sulfide) groups is 1. The zero-order valence-electron chi connectivity index (χ0n) is 12.9. The fraction of sp³-hybridized carbons (Fsp3) is 0.250. The summed E-state index contributed by atoms with van der Waals surface area (Å²) in [6.07, 6.45) is 0. The average molecular weight is 334 g/mol. The fourth-order valence-corrected chi connectivity index (χ4v) is 3.35. The molecule has 0 aliphatic carbocycles. The molecule has 2 aromatic carbocycles. The van der Waals surface area contributed by atoms with Crippen LogP contribution in [0.25, 0.3) is 0 Å². The first-order valence-corrected chi connectivity index (χ1v) is 7.78. The van der Waals surface area contributed by atoms with Crippen molar-refractivity contribution in [3.05, 3.63) is 58.1 Å². The Labute approximate surface area is 138 Å². The number of hydrogen-bond acceptors (Lipinski definition) is 6. The van der Waals surface area contributed by atoms with Crippen LogP contribution in [-0.2, 0) is 0 Å². The molecule has 0 amide bonds. The number of benzene rings is 2. The standard InChI is InChI=1S/C16H18N2O4S/c1-21-11-7-8-12(14(9-11)22-2)16(10-18(19)20)23-15-6-4-3-5-13(15)17/h3-9,16H,10,17H2,1-2H3/t16-/m1/s1. The Balaban J connectivity index is 2.39. The predicted octanol–water partition coefficient (Wildman–Crippen LogP) is 3.40. The molecule has 2 aromatic rings. The predicted molar refractivity (Wildman–Crippen MR) is 90.9 cm³/mol. The van der Waals surface area contributed by atoms with Gasteiger partial charge in [-0.05, 0) is 18.2 Å². The number of para-hydroxylation sites is 1. The van der Waals surface area contributed by atoms with Crippen LogP contribution in [0.2, 0.25) is 0 Å². The van der Waals surface area contributed by atoms with Crippen LogP contribution in [-0.4, -0.2) is 25.7 Å². The molecular weight excluding hydrogens is 316 g/mol. The number of nitrogen functional groups attached to an aromatic ring is 1. The molecule has 0 unspecified atom stereocenters. The minimum absolute atomic E-state index is 0.234. The van der Waals surface area contributed by atoms with Crippen molar-refractivity contribution < 1.29 is 14.4 Å². The van der Waals surface area contributed by atoms with E-state index in [1.807, 2.05) is 18.2 Å². The lowest BCUT2D eigenvalue weighted by Crippen LogP contribution is -2.11. The third kappa shape index (κ3) is 4.29. The summed E-state index contributed by atoms with van der Waals surface area (Å²) in [5.74, 6) is 1.19. The van der Waals surface area contributed by atoms with Gasteiger partial charge in [-0.3, -0.25) is 10.1 Å². The van der Waals surface area contributed by atoms with Crippen LogP contribution in [0.5, 0.6) is 11.5 Å². The Morgan fingerprint density at radius 2 is 1.96 bits per heavy atom. The Hall–Kier alpha value is -2.41. The highest BCUT2D eigenvalue weighted by molar-refractivity contribution is 7.99. The van der Waals surface area contributed by atoms with Gasteiger partial charge < -0.3 is 15.2 Å². The summed E-state index contributed by atoms with van der Waals surface area (Å²) < 4.78 is 10.5. The molecule has 0 bridgehead atoms. The van der Waals surface area contributed by atoms with E-state index in [0.717, 1.165) is 10.5 Å². The van der Waals surface area contributed by atoms with Crippen molar-refractivity contribution in [3.63, 3.8) is 0 Å². The van der Waals surface area contributed by atoms with Crippen molar-refractivity contribution in [2.75, 3.05) is 26.5 Å². The molecule has 0 saturated carbocycles. The maximum atomic E-state index is 11.1. The molecule has 7 heteroatoms. The van der Waals surface area contributed by atoms with Gasteiger partial charge in [0.1, 0.15) is 16.7 Å². The van der Waals surface area contributed by atoms with Gasteiger partial charge in [-0.1, -0.05) is 18.2 Å². The van der Waals surface area contributed by atoms with Crippen molar-refractivity contribution in [2.45, 2.75) is 10.1 Å². The van der Waals surface area contributed by atoms with Gasteiger partial charge in [-0.15, -0.1) is 11.8 Å². The lowest BCUT2D eigenvalue weighted by atomic mass is 10.1. The van der Waals surface area contributed by atoms with Crippen molar-refractivity contribution in [2.24, 2.45) is 0 Å². The minimum atomic E-state index is -0.421. The third-order valence-corrected chi connectivity index (χ3v) is 4.60. The normalized spacial score (nSPS) is 11.7. The highest BCUT2D eigenvalue weighted by Crippen LogP contribution is 2.42. The van der Waals surface area contributed by atoms with E-state index in [1.54, 1.807) is 31.4 Å². The van der Waals surface area contributed by atoms with E-state index in [2.05, 4.69) is 0 Å². The fourth-order valence-electron chi connectivity index (χ4n) is 2.16. The Bertz CT molecular complexity index is 694. The van der Waals surface area contributed by atoms with Crippen molar-refractivity contribution >= 4 is 17.4 Å². The quantitative estimate of drug-likeness (QED) is 0.361. The molecule has 2 N–H and O–H groups in total. The number of nitrogens with two attached hydrogens (primary N) is 1. The molecule has 0 aliphatic heterocycles. The number of nitro groups is 1. The molecular formula is C16H18N2O4S. The first-order chi connectivity index (χ1) is 11.0. The third-order valence-electron chi connectivity index (χ3n) is 3.29. The number of hydrogen-bond donors (Lipinski definition) is 1. The number of anilines is 1. The number of nitrogens with zero attached hydrogens (tertiary/aromatic N) is 1. The lowest BCUT2D eigenvalue weighted by molar-refractivity contribution is -0.479. The number of rotatable bonds is 7. The summed E-state index contributed by atoms with van der Waals surface area (Å²) in [6, 6.07) is 12.6. The smallest absolute Gasteiger partial charge is 0.220 e. The number of ether oxygens (including phenoxy) is 2. The molecule has 6 nitrogen and oxygen atoms in total. The molecule has 2 rings (SSSR count). The lowest BCUT2D eigenvalue weighted by Gasteiger charge is -2.18. The summed E-state index contributed by atoms with van der Waals surface area (Å²) in [6.45, 7) is -0.234. The molecule has 0 fully saturated rings. The molecule has 0 aliphatic rings. The van der Waals surface area contributed by atoms with E-state index in [4.69, 9.17) is 15.2 Å². The van der Waals surface area contributed by atoms with Gasteiger partial charge in [-0.2, -0.15) is 0 Å². The van der Waals surface area contributed by atoms with Gasteiger partial charge in [0.2, 0.25) is 6.54 Å². The minimum Gasteiger partial charge on any atom is -0.497 e. The van der Waals surface area contributed by atoms with Crippen LogP contribution in [0.1, 0.15) is 10.8 Å². The molecule has 0 spiro atoms. The number of methoxy groups -OCH3 is 2. The first-order valence-electron chi connectivity index (χ1n) is 6.90. The summed E-state index contributed by atoms with van der Waals surface area (Å²) >= 11 is 1.35. The van der Waals surface area contributed by atoms with E-state index < -0.39 is 5.25 Å². The Morgan fingerprint density at radius 1 is 1.22 bits per heavy atom. The van der Waals surface area contributed by atoms with Gasteiger partial charge in [0.15, 0.2) is 0 Å². The summed E-state index contributed by atoms with van der Waals surface area (Å²) in [4.78, 5) is 11.5. The SMILES string of the molecule is COc1ccc([C@@H](C[N+](=O)[O-])Sc2ccccc2N)c(OC)c1. The Kier molecular flexibility index (Phi) is 5.70. The van der Waals surface area contributed by atoms with E-state index >= 15 is 0 Å². The second-order valence-corrected chi connectivity index (χ2v) is 6.01. The van der Waals surface area contributed by atoms with Crippen molar-refractivity contribution in [3.8, 4) is 11.5 Å². The molecule has 1 atom stereocenters. The van der Waals surface area contributed by atoms with E-state index in [0.29, 0.717) is 17.2 Å². The monoisotopic (exact) mass is 334 g/mol. The zero-order valence-corrected chi connectivity index (χ0v) is 13.7. The van der Waals surface area contributed by atoms with Crippen molar-refractivity contribution in [1.82, 2.24) is 0 Å². The van der Waals surface area contributed by atoms with Crippen LogP contribution in [0.4, 0.5) is 5.69 Å². The molecule has 0 heterocycles. The van der Waals surface area contributed by atoms with E-state index in [9.17, 15) is 10.1 Å². The van der Waals surface area contributed by atoms with Gasteiger partial charge in [0.25, 0.3) is 0 Å². The second-order valence-electron chi connectivity index (χ2n) is 4.77. The molecule has 23 heavy (non-hydrogen) atoms. The largest absolute Gasteiger partial charge is 0.497 e. The maximum Gasteiger partial charge on any atom is 0.220 e. The van der Waals surface area contributed by atoms with E-state index in [-0.39, 0.29) is 11.5 Å². The highest BCUT2D eigenvalue weighted by atomic mass is 32.2. The van der Waals surface area contributed by atoms with Crippen LogP contribution in [0.3, 0.4) is 0 Å². The Morgan fingerprint density at radius 3 is 2.57 bits per heavy atom. The maximum absolute atomic E-state index is 11.1. The summed E-state index contributed by atoms with van der Waals surface area (Å²) in [5.41, 5.74) is 7.28. The highest BCUT2D eigenvalue weighted by Gasteiger charge is 2.24. The van der Waals surface area contributed by atoms with Crippen LogP contribution >= 0.6 is 11.8 Å². The summed E-state index contributed by atoms with van der Waals surface area (Å²) in [7, 11) is 3.09. The van der Waals surface area contributed by atoms with Gasteiger partial charge in [-0.25, -0.2) is 0 Å². The molecule has 0 saturated heterocycles. The van der Waals surface area contributed by atoms with Crippen LogP contribution in [0, 0.1) is 10.1 Å². The average Bonchev–Trinajstić information content (AvgIpc) is 2.55. The molecule has 0 radical (unpaired) electrons.